The fourth-order valence-electron chi connectivity index (χ4n) is 3.78. The number of carbonyl (C=O) groups excluding carboxylic acids is 2. The Morgan fingerprint density at radius 1 is 1.19 bits per heavy atom. The minimum atomic E-state index is -0.554. The molecule has 0 aliphatic heterocycles. The molecule has 0 unspecified atom stereocenters. The number of hydrogen-bond donors (Lipinski definition) is 1. The normalized spacial score (nSPS) is 14.9. The van der Waals surface area contributed by atoms with E-state index in [-0.39, 0.29) is 23.6 Å². The molecule has 0 spiro atoms. The number of rotatable bonds is 9. The number of carbonyl (C=O) groups is 2. The number of halogens is 3. The molecule has 32 heavy (non-hydrogen) atoms. The van der Waals surface area contributed by atoms with Gasteiger partial charge in [-0.05, 0) is 55.2 Å². The molecule has 3 rings (SSSR count). The van der Waals surface area contributed by atoms with Crippen LogP contribution in [-0.2, 0) is 21.9 Å². The van der Waals surface area contributed by atoms with Crippen LogP contribution in [0.4, 0.5) is 0 Å². The Labute approximate surface area is 212 Å². The first-order chi connectivity index (χ1) is 15.3. The molecule has 2 amide bonds. The second kappa shape index (κ2) is 12.3. The van der Waals surface area contributed by atoms with Crippen LogP contribution < -0.4 is 5.32 Å². The maximum absolute atomic E-state index is 13.2. The fourth-order valence-corrected chi connectivity index (χ4v) is 5.69. The number of hydrogen-bond acceptors (Lipinski definition) is 3. The van der Waals surface area contributed by atoms with Crippen LogP contribution in [0.3, 0.4) is 0 Å². The van der Waals surface area contributed by atoms with E-state index in [9.17, 15) is 9.59 Å². The average Bonchev–Trinajstić information content (AvgIpc) is 3.26. The van der Waals surface area contributed by atoms with E-state index in [4.69, 9.17) is 23.2 Å². The van der Waals surface area contributed by atoms with Gasteiger partial charge in [-0.15, -0.1) is 11.8 Å². The van der Waals surface area contributed by atoms with Crippen LogP contribution in [0.25, 0.3) is 0 Å². The summed E-state index contributed by atoms with van der Waals surface area (Å²) < 4.78 is 0.942. The number of nitrogens with one attached hydrogen (secondary N) is 1. The molecule has 172 valence electrons. The Morgan fingerprint density at radius 2 is 1.94 bits per heavy atom. The van der Waals surface area contributed by atoms with Crippen molar-refractivity contribution in [3.63, 3.8) is 0 Å². The van der Waals surface area contributed by atoms with Crippen molar-refractivity contribution in [3.05, 3.63) is 68.1 Å². The first-order valence-electron chi connectivity index (χ1n) is 10.7. The summed E-state index contributed by atoms with van der Waals surface area (Å²) in [5.74, 6) is 0.684. The predicted octanol–water partition coefficient (Wildman–Crippen LogP) is 6.47. The summed E-state index contributed by atoms with van der Waals surface area (Å²) in [5, 5.41) is 4.30. The fraction of sp³-hybridized carbons (Fsp3) is 0.417. The van der Waals surface area contributed by atoms with Crippen LogP contribution >= 0.6 is 50.9 Å². The van der Waals surface area contributed by atoms with Crippen molar-refractivity contribution in [3.8, 4) is 0 Å². The molecule has 1 saturated carbocycles. The summed E-state index contributed by atoms with van der Waals surface area (Å²) in [5.41, 5.74) is 1.90. The third kappa shape index (κ3) is 7.41. The van der Waals surface area contributed by atoms with E-state index in [2.05, 4.69) is 21.2 Å². The molecule has 1 atom stereocenters. The number of amides is 2. The molecule has 4 nitrogen and oxygen atoms in total. The van der Waals surface area contributed by atoms with Crippen molar-refractivity contribution in [2.24, 2.45) is 0 Å². The monoisotopic (exact) mass is 556 g/mol. The molecule has 8 heteroatoms. The molecule has 2 aromatic carbocycles. The van der Waals surface area contributed by atoms with Crippen molar-refractivity contribution in [2.45, 2.75) is 57.0 Å². The summed E-state index contributed by atoms with van der Waals surface area (Å²) in [6, 6.07) is 12.8. The lowest BCUT2D eigenvalue weighted by Crippen LogP contribution is -2.50. The Balaban J connectivity index is 1.66. The van der Waals surface area contributed by atoms with Gasteiger partial charge in [0, 0.05) is 32.9 Å². The third-order valence-electron chi connectivity index (χ3n) is 5.61. The van der Waals surface area contributed by atoms with E-state index in [1.165, 1.54) is 11.8 Å². The van der Waals surface area contributed by atoms with Gasteiger partial charge in [-0.1, -0.05) is 70.2 Å². The van der Waals surface area contributed by atoms with Crippen LogP contribution in [0.5, 0.6) is 0 Å². The van der Waals surface area contributed by atoms with Gasteiger partial charge in [0.1, 0.15) is 6.04 Å². The summed E-state index contributed by atoms with van der Waals surface area (Å²) >= 11 is 17.2. The third-order valence-corrected chi connectivity index (χ3v) is 7.66. The maximum Gasteiger partial charge on any atom is 0.242 e. The van der Waals surface area contributed by atoms with Gasteiger partial charge in [-0.3, -0.25) is 9.59 Å². The molecule has 2 aromatic rings. The van der Waals surface area contributed by atoms with Crippen LogP contribution in [0.15, 0.2) is 46.9 Å². The Bertz CT molecular complexity index is 953. The van der Waals surface area contributed by atoms with E-state index in [0.717, 1.165) is 41.3 Å². The van der Waals surface area contributed by atoms with Gasteiger partial charge in [0.2, 0.25) is 11.8 Å². The van der Waals surface area contributed by atoms with Crippen LogP contribution in [0.1, 0.15) is 43.7 Å². The molecule has 0 bridgehead atoms. The second-order valence-corrected chi connectivity index (χ2v) is 10.8. The highest BCUT2D eigenvalue weighted by Crippen LogP contribution is 2.25. The first kappa shape index (κ1) is 25.4. The van der Waals surface area contributed by atoms with E-state index in [1.54, 1.807) is 24.0 Å². The minimum absolute atomic E-state index is 0.0749. The summed E-state index contributed by atoms with van der Waals surface area (Å²) in [4.78, 5) is 27.8. The van der Waals surface area contributed by atoms with E-state index < -0.39 is 6.04 Å². The van der Waals surface area contributed by atoms with Gasteiger partial charge < -0.3 is 10.2 Å². The Morgan fingerprint density at radius 3 is 2.62 bits per heavy atom. The van der Waals surface area contributed by atoms with Crippen molar-refractivity contribution >= 4 is 62.7 Å². The molecule has 0 heterocycles. The molecular formula is C24H27BrCl2N2O2S. The van der Waals surface area contributed by atoms with Crippen molar-refractivity contribution < 1.29 is 9.59 Å². The molecule has 1 N–H and O–H groups in total. The first-order valence-corrected chi connectivity index (χ1v) is 13.4. The van der Waals surface area contributed by atoms with Gasteiger partial charge >= 0.3 is 0 Å². The second-order valence-electron chi connectivity index (χ2n) is 8.05. The summed E-state index contributed by atoms with van der Waals surface area (Å²) in [6.45, 7) is 2.18. The Kier molecular flexibility index (Phi) is 9.77. The predicted molar refractivity (Wildman–Crippen MR) is 137 cm³/mol. The SMILES string of the molecule is C[C@H](C(=O)NC1CCCC1)N(Cc1cccc(Br)c1)C(=O)CSCc1ccc(Cl)cc1Cl. The zero-order chi connectivity index (χ0) is 23.1. The maximum atomic E-state index is 13.2. The smallest absolute Gasteiger partial charge is 0.242 e. The van der Waals surface area contributed by atoms with Crippen LogP contribution in [0.2, 0.25) is 10.0 Å². The molecule has 0 saturated heterocycles. The standard InChI is InChI=1S/C24H27BrCl2N2O2S/c1-16(24(31)28-21-7-2-3-8-21)29(13-17-5-4-6-19(25)11-17)23(30)15-32-14-18-9-10-20(26)12-22(18)27/h4-6,9-12,16,21H,2-3,7-8,13-15H2,1H3,(H,28,31)/t16-/m1/s1. The highest BCUT2D eigenvalue weighted by atomic mass is 79.9. The van der Waals surface area contributed by atoms with Crippen LogP contribution in [-0.4, -0.2) is 34.6 Å². The molecular weight excluding hydrogens is 531 g/mol. The molecule has 0 aromatic heterocycles. The molecule has 1 aliphatic rings. The molecule has 1 fully saturated rings. The number of nitrogens with zero attached hydrogens (tertiary/aromatic N) is 1. The van der Waals surface area contributed by atoms with Gasteiger partial charge in [0.25, 0.3) is 0 Å². The van der Waals surface area contributed by atoms with Gasteiger partial charge in [-0.25, -0.2) is 0 Å². The van der Waals surface area contributed by atoms with Crippen molar-refractivity contribution in [1.29, 1.82) is 0 Å². The number of benzene rings is 2. The molecule has 1 aliphatic carbocycles. The zero-order valence-corrected chi connectivity index (χ0v) is 21.9. The minimum Gasteiger partial charge on any atom is -0.352 e. The van der Waals surface area contributed by atoms with Gasteiger partial charge in [0.05, 0.1) is 5.75 Å². The zero-order valence-electron chi connectivity index (χ0n) is 18.0. The Hall–Kier alpha value is -1.21. The summed E-state index contributed by atoms with van der Waals surface area (Å²) in [7, 11) is 0. The highest BCUT2D eigenvalue weighted by Gasteiger charge is 2.28. The van der Waals surface area contributed by atoms with Gasteiger partial charge in [-0.2, -0.15) is 0 Å². The highest BCUT2D eigenvalue weighted by molar-refractivity contribution is 9.10. The van der Waals surface area contributed by atoms with Crippen molar-refractivity contribution in [2.75, 3.05) is 5.75 Å². The van der Waals surface area contributed by atoms with E-state index in [1.807, 2.05) is 30.3 Å². The average molecular weight is 558 g/mol. The quantitative estimate of drug-likeness (QED) is 0.384. The van der Waals surface area contributed by atoms with Crippen molar-refractivity contribution in [1.82, 2.24) is 10.2 Å². The van der Waals surface area contributed by atoms with Gasteiger partial charge in [0.15, 0.2) is 0 Å². The van der Waals surface area contributed by atoms with E-state index >= 15 is 0 Å². The topological polar surface area (TPSA) is 49.4 Å². The largest absolute Gasteiger partial charge is 0.352 e. The summed E-state index contributed by atoms with van der Waals surface area (Å²) in [6.07, 6.45) is 4.30. The lowest BCUT2D eigenvalue weighted by molar-refractivity contribution is -0.138. The van der Waals surface area contributed by atoms with Crippen LogP contribution in [0, 0.1) is 0 Å². The number of thioether (sulfide) groups is 1. The molecule has 0 radical (unpaired) electrons. The lowest BCUT2D eigenvalue weighted by Gasteiger charge is -2.29. The van der Waals surface area contributed by atoms with E-state index in [0.29, 0.717) is 22.3 Å². The lowest BCUT2D eigenvalue weighted by atomic mass is 10.1.